The smallest absolute Gasteiger partial charge is 0.0346 e. The van der Waals surface area contributed by atoms with E-state index in [9.17, 15) is 0 Å². The highest BCUT2D eigenvalue weighted by atomic mass is 14.6. The fraction of sp³-hybridized carbons (Fsp3) is 0.312. The number of nitrogens with zero attached hydrogens (tertiary/aromatic N) is 1. The molecular formula is C16H20N2. The molecule has 0 bridgehead atoms. The highest BCUT2D eigenvalue weighted by molar-refractivity contribution is 5.63. The lowest BCUT2D eigenvalue weighted by Crippen LogP contribution is -1.97. The first-order valence-corrected chi connectivity index (χ1v) is 6.42. The molecule has 0 saturated carbocycles. The van der Waals surface area contributed by atoms with E-state index in [0.717, 1.165) is 17.5 Å². The zero-order chi connectivity index (χ0) is 13.0. The minimum Gasteiger partial charge on any atom is -0.326 e. The first-order chi connectivity index (χ1) is 8.69. The summed E-state index contributed by atoms with van der Waals surface area (Å²) in [7, 11) is 0. The third kappa shape index (κ3) is 3.17. The lowest BCUT2D eigenvalue weighted by Gasteiger charge is -2.08. The molecule has 0 spiro atoms. The highest BCUT2D eigenvalue weighted by Gasteiger charge is 2.02. The van der Waals surface area contributed by atoms with Gasteiger partial charge in [-0.1, -0.05) is 38.1 Å². The summed E-state index contributed by atoms with van der Waals surface area (Å²) in [5.41, 5.74) is 10.5. The zero-order valence-electron chi connectivity index (χ0n) is 11.1. The minimum atomic E-state index is 0.534. The van der Waals surface area contributed by atoms with Crippen LogP contribution in [-0.2, 0) is 13.0 Å². The SMILES string of the molecule is CC(C)Cc1cccc(-c2cncc(CN)c2)c1. The average molecular weight is 240 g/mol. The van der Waals surface area contributed by atoms with E-state index in [1.807, 2.05) is 12.4 Å². The van der Waals surface area contributed by atoms with E-state index in [0.29, 0.717) is 12.5 Å². The van der Waals surface area contributed by atoms with Crippen molar-refractivity contribution in [2.75, 3.05) is 0 Å². The average Bonchev–Trinajstić information content (AvgIpc) is 2.38. The van der Waals surface area contributed by atoms with Crippen LogP contribution < -0.4 is 5.73 Å². The molecule has 0 fully saturated rings. The fourth-order valence-electron chi connectivity index (χ4n) is 2.11. The Morgan fingerprint density at radius 1 is 1.06 bits per heavy atom. The lowest BCUT2D eigenvalue weighted by atomic mass is 9.98. The summed E-state index contributed by atoms with van der Waals surface area (Å²) in [6.07, 6.45) is 4.83. The van der Waals surface area contributed by atoms with Crippen molar-refractivity contribution in [1.82, 2.24) is 4.98 Å². The highest BCUT2D eigenvalue weighted by Crippen LogP contribution is 2.21. The molecule has 2 heteroatoms. The van der Waals surface area contributed by atoms with Gasteiger partial charge in [-0.2, -0.15) is 0 Å². The Morgan fingerprint density at radius 3 is 2.56 bits per heavy atom. The first-order valence-electron chi connectivity index (χ1n) is 6.42. The van der Waals surface area contributed by atoms with E-state index >= 15 is 0 Å². The monoisotopic (exact) mass is 240 g/mol. The van der Waals surface area contributed by atoms with Crippen molar-refractivity contribution in [3.05, 3.63) is 53.9 Å². The summed E-state index contributed by atoms with van der Waals surface area (Å²) >= 11 is 0. The number of nitrogens with two attached hydrogens (primary N) is 1. The van der Waals surface area contributed by atoms with E-state index in [-0.39, 0.29) is 0 Å². The van der Waals surface area contributed by atoms with Crippen LogP contribution >= 0.6 is 0 Å². The van der Waals surface area contributed by atoms with Gasteiger partial charge in [0.15, 0.2) is 0 Å². The number of hydrogen-bond acceptors (Lipinski definition) is 2. The molecule has 0 aliphatic carbocycles. The van der Waals surface area contributed by atoms with Gasteiger partial charge in [0.2, 0.25) is 0 Å². The largest absolute Gasteiger partial charge is 0.326 e. The van der Waals surface area contributed by atoms with Crippen LogP contribution in [0.5, 0.6) is 0 Å². The van der Waals surface area contributed by atoms with E-state index in [1.165, 1.54) is 11.1 Å². The Balaban J connectivity index is 2.32. The van der Waals surface area contributed by atoms with Gasteiger partial charge in [-0.15, -0.1) is 0 Å². The van der Waals surface area contributed by atoms with Crippen molar-refractivity contribution in [3.8, 4) is 11.1 Å². The topological polar surface area (TPSA) is 38.9 Å². The maximum Gasteiger partial charge on any atom is 0.0346 e. The van der Waals surface area contributed by atoms with Crippen molar-refractivity contribution < 1.29 is 0 Å². The summed E-state index contributed by atoms with van der Waals surface area (Å²) in [5, 5.41) is 0. The van der Waals surface area contributed by atoms with Crippen molar-refractivity contribution >= 4 is 0 Å². The van der Waals surface area contributed by atoms with Gasteiger partial charge < -0.3 is 5.73 Å². The Kier molecular flexibility index (Phi) is 4.11. The van der Waals surface area contributed by atoms with Gasteiger partial charge in [0.1, 0.15) is 0 Å². The zero-order valence-corrected chi connectivity index (χ0v) is 11.1. The Morgan fingerprint density at radius 2 is 1.83 bits per heavy atom. The van der Waals surface area contributed by atoms with E-state index in [2.05, 4.69) is 49.2 Å². The maximum atomic E-state index is 5.65. The molecule has 0 saturated heterocycles. The molecule has 0 aliphatic rings. The summed E-state index contributed by atoms with van der Waals surface area (Å²) in [4.78, 5) is 4.24. The van der Waals surface area contributed by atoms with Crippen LogP contribution in [-0.4, -0.2) is 4.98 Å². The summed E-state index contributed by atoms with van der Waals surface area (Å²) in [6, 6.07) is 10.8. The van der Waals surface area contributed by atoms with Gasteiger partial charge in [0.05, 0.1) is 0 Å². The number of pyridine rings is 1. The van der Waals surface area contributed by atoms with E-state index in [1.54, 1.807) is 0 Å². The van der Waals surface area contributed by atoms with Crippen LogP contribution in [0, 0.1) is 5.92 Å². The van der Waals surface area contributed by atoms with Crippen molar-refractivity contribution in [1.29, 1.82) is 0 Å². The molecule has 0 aliphatic heterocycles. The Labute approximate surface area is 109 Å². The molecule has 1 aromatic heterocycles. The summed E-state index contributed by atoms with van der Waals surface area (Å²) in [6.45, 7) is 5.01. The van der Waals surface area contributed by atoms with Crippen molar-refractivity contribution in [2.45, 2.75) is 26.8 Å². The minimum absolute atomic E-state index is 0.534. The van der Waals surface area contributed by atoms with E-state index < -0.39 is 0 Å². The van der Waals surface area contributed by atoms with Gasteiger partial charge in [0, 0.05) is 24.5 Å². The Bertz CT molecular complexity index is 518. The van der Waals surface area contributed by atoms with Crippen LogP contribution in [0.3, 0.4) is 0 Å². The molecule has 2 rings (SSSR count). The lowest BCUT2D eigenvalue weighted by molar-refractivity contribution is 0.647. The molecule has 94 valence electrons. The van der Waals surface area contributed by atoms with Gasteiger partial charge >= 0.3 is 0 Å². The standard InChI is InChI=1S/C16H20N2/c1-12(2)6-13-4-3-5-15(7-13)16-8-14(9-17)10-18-11-16/h3-5,7-8,10-12H,6,9,17H2,1-2H3. The van der Waals surface area contributed by atoms with Crippen LogP contribution in [0.1, 0.15) is 25.0 Å². The van der Waals surface area contributed by atoms with Crippen molar-refractivity contribution in [3.63, 3.8) is 0 Å². The molecule has 2 N–H and O–H groups in total. The molecule has 0 amide bonds. The normalized spacial score (nSPS) is 10.9. The first kappa shape index (κ1) is 12.8. The number of aromatic nitrogens is 1. The second-order valence-corrected chi connectivity index (χ2v) is 5.08. The number of rotatable bonds is 4. The van der Waals surface area contributed by atoms with Gasteiger partial charge in [-0.3, -0.25) is 4.98 Å². The molecule has 18 heavy (non-hydrogen) atoms. The number of benzene rings is 1. The van der Waals surface area contributed by atoms with Gasteiger partial charge in [-0.05, 0) is 35.1 Å². The predicted octanol–water partition coefficient (Wildman–Crippen LogP) is 3.41. The number of hydrogen-bond donors (Lipinski definition) is 1. The quantitative estimate of drug-likeness (QED) is 0.889. The van der Waals surface area contributed by atoms with Crippen LogP contribution in [0.15, 0.2) is 42.7 Å². The molecule has 0 unspecified atom stereocenters. The fourth-order valence-corrected chi connectivity index (χ4v) is 2.11. The van der Waals surface area contributed by atoms with Gasteiger partial charge in [-0.25, -0.2) is 0 Å². The predicted molar refractivity (Wildman–Crippen MR) is 76.1 cm³/mol. The van der Waals surface area contributed by atoms with Crippen molar-refractivity contribution in [2.24, 2.45) is 11.7 Å². The second kappa shape index (κ2) is 5.78. The van der Waals surface area contributed by atoms with Gasteiger partial charge in [0.25, 0.3) is 0 Å². The second-order valence-electron chi connectivity index (χ2n) is 5.08. The molecule has 1 aromatic carbocycles. The molecule has 0 atom stereocenters. The van der Waals surface area contributed by atoms with Crippen LogP contribution in [0.25, 0.3) is 11.1 Å². The summed E-state index contributed by atoms with van der Waals surface area (Å²) < 4.78 is 0. The molecule has 2 nitrogen and oxygen atoms in total. The van der Waals surface area contributed by atoms with E-state index in [4.69, 9.17) is 5.73 Å². The van der Waals surface area contributed by atoms with Crippen LogP contribution in [0.4, 0.5) is 0 Å². The molecule has 2 aromatic rings. The third-order valence-corrected chi connectivity index (χ3v) is 2.93. The third-order valence-electron chi connectivity index (χ3n) is 2.93. The molecule has 1 heterocycles. The Hall–Kier alpha value is -1.67. The molecule has 0 radical (unpaired) electrons. The summed E-state index contributed by atoms with van der Waals surface area (Å²) in [5.74, 6) is 0.675. The maximum absolute atomic E-state index is 5.65. The van der Waals surface area contributed by atoms with Crippen LogP contribution in [0.2, 0.25) is 0 Å². The molecular weight excluding hydrogens is 220 g/mol.